The number of phenols is 1. The van der Waals surface area contributed by atoms with E-state index in [4.69, 9.17) is 4.52 Å². The molecule has 28 heavy (non-hydrogen) atoms. The first-order valence-corrected chi connectivity index (χ1v) is 9.96. The molecule has 1 N–H and O–H groups in total. The second kappa shape index (κ2) is 7.18. The summed E-state index contributed by atoms with van der Waals surface area (Å²) in [4.78, 5) is 4.91. The van der Waals surface area contributed by atoms with Gasteiger partial charge in [-0.05, 0) is 61.3 Å². The number of aromatic hydroxyl groups is 1. The Balaban J connectivity index is 1.16. The van der Waals surface area contributed by atoms with Crippen molar-refractivity contribution in [1.82, 2.24) is 15.0 Å². The largest absolute Gasteiger partial charge is 0.508 e. The Morgan fingerprint density at radius 3 is 2.68 bits per heavy atom. The van der Waals surface area contributed by atoms with E-state index in [1.165, 1.54) is 17.2 Å². The fraction of sp³-hybridized carbons (Fsp3) is 0.409. The second-order valence-electron chi connectivity index (χ2n) is 7.96. The summed E-state index contributed by atoms with van der Waals surface area (Å²) >= 11 is 0. The van der Waals surface area contributed by atoms with Gasteiger partial charge in [-0.2, -0.15) is 0 Å². The zero-order valence-corrected chi connectivity index (χ0v) is 15.8. The highest BCUT2D eigenvalue weighted by Gasteiger charge is 2.27. The summed E-state index contributed by atoms with van der Waals surface area (Å²) in [5, 5.41) is 14.4. The molecule has 6 heteroatoms. The van der Waals surface area contributed by atoms with Crippen LogP contribution in [0.4, 0.5) is 4.39 Å². The summed E-state index contributed by atoms with van der Waals surface area (Å²) in [5.74, 6) is 0.365. The summed E-state index contributed by atoms with van der Waals surface area (Å²) in [6, 6.07) is 10.6. The minimum atomic E-state index is -0.240. The van der Waals surface area contributed by atoms with Crippen molar-refractivity contribution in [2.75, 3.05) is 26.2 Å². The number of hydrogen-bond donors (Lipinski definition) is 1. The highest BCUT2D eigenvalue weighted by Crippen LogP contribution is 2.34. The van der Waals surface area contributed by atoms with Crippen molar-refractivity contribution in [3.05, 3.63) is 59.0 Å². The van der Waals surface area contributed by atoms with E-state index in [0.717, 1.165) is 57.8 Å². The van der Waals surface area contributed by atoms with Gasteiger partial charge >= 0.3 is 0 Å². The zero-order chi connectivity index (χ0) is 19.1. The maximum absolute atomic E-state index is 14.2. The summed E-state index contributed by atoms with van der Waals surface area (Å²) < 4.78 is 19.5. The molecule has 1 fully saturated rings. The minimum absolute atomic E-state index is 0.240. The fourth-order valence-electron chi connectivity index (χ4n) is 4.57. The van der Waals surface area contributed by atoms with Crippen molar-refractivity contribution in [2.45, 2.75) is 31.8 Å². The molecule has 0 saturated carbocycles. The Labute approximate surface area is 163 Å². The first-order chi connectivity index (χ1) is 13.7. The van der Waals surface area contributed by atoms with E-state index >= 15 is 0 Å². The molecule has 0 unspecified atom stereocenters. The lowest BCUT2D eigenvalue weighted by Crippen LogP contribution is -2.38. The topological polar surface area (TPSA) is 52.7 Å². The van der Waals surface area contributed by atoms with Crippen molar-refractivity contribution in [3.8, 4) is 5.75 Å². The van der Waals surface area contributed by atoms with Crippen LogP contribution in [0, 0.1) is 5.82 Å². The van der Waals surface area contributed by atoms with Crippen LogP contribution in [0.1, 0.15) is 35.6 Å². The molecular weight excluding hydrogens is 357 g/mol. The molecule has 2 aliphatic heterocycles. The zero-order valence-electron chi connectivity index (χ0n) is 15.8. The molecule has 1 aromatic heterocycles. The monoisotopic (exact) mass is 381 g/mol. The number of rotatable bonds is 4. The van der Waals surface area contributed by atoms with Gasteiger partial charge in [-0.25, -0.2) is 4.39 Å². The number of likely N-dealkylation sites (tertiary alicyclic amines) is 1. The molecule has 0 spiro atoms. The minimum Gasteiger partial charge on any atom is -0.508 e. The second-order valence-corrected chi connectivity index (χ2v) is 7.96. The van der Waals surface area contributed by atoms with Crippen LogP contribution in [0.5, 0.6) is 5.75 Å². The Hall–Kier alpha value is -2.44. The van der Waals surface area contributed by atoms with E-state index in [1.54, 1.807) is 18.2 Å². The molecule has 1 saturated heterocycles. The van der Waals surface area contributed by atoms with Crippen LogP contribution in [0.3, 0.4) is 0 Å². The Morgan fingerprint density at radius 1 is 1.04 bits per heavy atom. The fourth-order valence-corrected chi connectivity index (χ4v) is 4.57. The lowest BCUT2D eigenvalue weighted by atomic mass is 9.91. The van der Waals surface area contributed by atoms with Crippen molar-refractivity contribution in [2.24, 2.45) is 0 Å². The van der Waals surface area contributed by atoms with Crippen LogP contribution in [-0.4, -0.2) is 46.2 Å². The van der Waals surface area contributed by atoms with Crippen molar-refractivity contribution < 1.29 is 14.0 Å². The lowest BCUT2D eigenvalue weighted by molar-refractivity contribution is 0.171. The summed E-state index contributed by atoms with van der Waals surface area (Å²) in [7, 11) is 0. The molecule has 0 amide bonds. The average molecular weight is 381 g/mol. The normalized spacial score (nSPS) is 18.8. The predicted octanol–water partition coefficient (Wildman–Crippen LogP) is 3.87. The van der Waals surface area contributed by atoms with E-state index < -0.39 is 0 Å². The van der Waals surface area contributed by atoms with E-state index in [9.17, 15) is 9.50 Å². The van der Waals surface area contributed by atoms with Crippen LogP contribution in [0.2, 0.25) is 0 Å². The molecule has 2 aliphatic rings. The van der Waals surface area contributed by atoms with E-state index in [0.29, 0.717) is 16.7 Å². The number of hydrogen-bond acceptors (Lipinski definition) is 5. The summed E-state index contributed by atoms with van der Waals surface area (Å²) in [6.07, 6.45) is 1.95. The van der Waals surface area contributed by atoms with Gasteiger partial charge in [0.05, 0.1) is 11.1 Å². The standard InChI is InChI=1S/C22H24FN3O2/c23-19-2-1-3-20-21(19)22(24-28-20)15-6-8-25(9-7-15)10-11-26-13-16-4-5-18(27)12-17(16)14-26/h1-5,12,15,27H,6-11,13-14H2. The molecule has 5 nitrogen and oxygen atoms in total. The molecule has 0 aliphatic carbocycles. The smallest absolute Gasteiger partial charge is 0.170 e. The van der Waals surface area contributed by atoms with Crippen molar-refractivity contribution >= 4 is 11.0 Å². The summed E-state index contributed by atoms with van der Waals surface area (Å²) in [6.45, 7) is 5.90. The van der Waals surface area contributed by atoms with E-state index in [-0.39, 0.29) is 11.7 Å². The molecule has 3 aromatic rings. The number of piperidine rings is 1. The van der Waals surface area contributed by atoms with Gasteiger partial charge in [0.2, 0.25) is 0 Å². The maximum Gasteiger partial charge on any atom is 0.170 e. The third-order valence-electron chi connectivity index (χ3n) is 6.16. The van der Waals surface area contributed by atoms with Gasteiger partial charge in [0, 0.05) is 32.1 Å². The molecule has 0 bridgehead atoms. The summed E-state index contributed by atoms with van der Waals surface area (Å²) in [5.41, 5.74) is 3.87. The average Bonchev–Trinajstić information content (AvgIpc) is 3.31. The van der Waals surface area contributed by atoms with Crippen molar-refractivity contribution in [3.63, 3.8) is 0 Å². The van der Waals surface area contributed by atoms with Gasteiger partial charge in [0.25, 0.3) is 0 Å². The van der Waals surface area contributed by atoms with Crippen LogP contribution >= 0.6 is 0 Å². The van der Waals surface area contributed by atoms with Gasteiger partial charge in [0.1, 0.15) is 11.6 Å². The first kappa shape index (κ1) is 17.6. The number of nitrogens with zero attached hydrogens (tertiary/aromatic N) is 3. The number of benzene rings is 2. The SMILES string of the molecule is Oc1ccc2c(c1)CN(CCN1CCC(c3noc4cccc(F)c34)CC1)C2. The van der Waals surface area contributed by atoms with Crippen LogP contribution in [-0.2, 0) is 13.1 Å². The van der Waals surface area contributed by atoms with Gasteiger partial charge in [-0.15, -0.1) is 0 Å². The van der Waals surface area contributed by atoms with Crippen LogP contribution < -0.4 is 0 Å². The highest BCUT2D eigenvalue weighted by molar-refractivity contribution is 5.80. The van der Waals surface area contributed by atoms with Crippen molar-refractivity contribution in [1.29, 1.82) is 0 Å². The molecule has 2 aromatic carbocycles. The van der Waals surface area contributed by atoms with Crippen LogP contribution in [0.15, 0.2) is 40.9 Å². The third kappa shape index (κ3) is 3.27. The van der Waals surface area contributed by atoms with Gasteiger partial charge in [0.15, 0.2) is 5.58 Å². The van der Waals surface area contributed by atoms with E-state index in [2.05, 4.69) is 15.0 Å². The third-order valence-corrected chi connectivity index (χ3v) is 6.16. The van der Waals surface area contributed by atoms with E-state index in [1.807, 2.05) is 12.1 Å². The lowest BCUT2D eigenvalue weighted by Gasteiger charge is -2.32. The van der Waals surface area contributed by atoms with Gasteiger partial charge < -0.3 is 14.5 Å². The highest BCUT2D eigenvalue weighted by atomic mass is 19.1. The maximum atomic E-state index is 14.2. The number of phenolic OH excluding ortho intramolecular Hbond substituents is 1. The first-order valence-electron chi connectivity index (χ1n) is 9.96. The molecule has 0 atom stereocenters. The molecular formula is C22H24FN3O2. The number of halogens is 1. The Morgan fingerprint density at radius 2 is 1.82 bits per heavy atom. The quantitative estimate of drug-likeness (QED) is 0.744. The Bertz CT molecular complexity index is 995. The van der Waals surface area contributed by atoms with Crippen LogP contribution in [0.25, 0.3) is 11.0 Å². The molecule has 5 rings (SSSR count). The number of aromatic nitrogens is 1. The number of fused-ring (bicyclic) bond motifs is 2. The molecule has 146 valence electrons. The predicted molar refractivity (Wildman–Crippen MR) is 105 cm³/mol. The molecule has 0 radical (unpaired) electrons. The van der Waals surface area contributed by atoms with Gasteiger partial charge in [-0.1, -0.05) is 17.3 Å². The molecule has 3 heterocycles. The van der Waals surface area contributed by atoms with Gasteiger partial charge in [-0.3, -0.25) is 4.90 Å². The Kier molecular flexibility index (Phi) is 4.53.